The van der Waals surface area contributed by atoms with Gasteiger partial charge in [-0.1, -0.05) is 0 Å². The van der Waals surface area contributed by atoms with Crippen LogP contribution in [-0.2, 0) is 28.5 Å². The Bertz CT molecular complexity index is 495. The second-order valence-electron chi connectivity index (χ2n) is 5.47. The number of halogens is 2. The van der Waals surface area contributed by atoms with Gasteiger partial charge in [-0.2, -0.15) is 5.10 Å². The maximum Gasteiger partial charge on any atom is 0.254 e. The molecular formula is C14H22F2N2O3. The molecule has 5 nitrogen and oxygen atoms in total. The Labute approximate surface area is 122 Å². The van der Waals surface area contributed by atoms with Crippen molar-refractivity contribution in [2.24, 2.45) is 7.05 Å². The molecule has 0 aliphatic heterocycles. The van der Waals surface area contributed by atoms with E-state index in [2.05, 4.69) is 5.10 Å². The first-order chi connectivity index (χ1) is 9.85. The Morgan fingerprint density at radius 2 is 2.05 bits per heavy atom. The minimum absolute atomic E-state index is 0.0409. The number of rotatable bonds is 7. The molecule has 1 aromatic heterocycles. The van der Waals surface area contributed by atoms with Crippen molar-refractivity contribution in [2.75, 3.05) is 20.0 Å². The average molecular weight is 304 g/mol. The van der Waals surface area contributed by atoms with Crippen molar-refractivity contribution in [1.82, 2.24) is 9.78 Å². The maximum atomic E-state index is 13.4. The number of hydrogen-bond donors (Lipinski definition) is 1. The summed E-state index contributed by atoms with van der Waals surface area (Å²) in [6, 6.07) is 0. The van der Waals surface area contributed by atoms with Crippen molar-refractivity contribution < 1.29 is 23.4 Å². The molecule has 0 amide bonds. The van der Waals surface area contributed by atoms with Crippen molar-refractivity contribution in [3.8, 4) is 0 Å². The predicted molar refractivity (Wildman–Crippen MR) is 72.2 cm³/mol. The highest BCUT2D eigenvalue weighted by Crippen LogP contribution is 2.54. The topological polar surface area (TPSA) is 56.5 Å². The Hall–Kier alpha value is -1.05. The third-order valence-electron chi connectivity index (χ3n) is 3.96. The zero-order valence-corrected chi connectivity index (χ0v) is 12.7. The summed E-state index contributed by atoms with van der Waals surface area (Å²) in [4.78, 5) is 0. The summed E-state index contributed by atoms with van der Waals surface area (Å²) in [7, 11) is 1.76. The highest BCUT2D eigenvalue weighted by molar-refractivity contribution is 5.33. The van der Waals surface area contributed by atoms with Gasteiger partial charge in [0.15, 0.2) is 0 Å². The molecule has 1 saturated carbocycles. The van der Waals surface area contributed by atoms with Crippen LogP contribution in [0.5, 0.6) is 0 Å². The highest BCUT2D eigenvalue weighted by atomic mass is 19.3. The molecule has 0 saturated heterocycles. The van der Waals surface area contributed by atoms with Gasteiger partial charge in [-0.3, -0.25) is 4.68 Å². The Morgan fingerprint density at radius 3 is 2.57 bits per heavy atom. The summed E-state index contributed by atoms with van der Waals surface area (Å²) >= 11 is 0. The monoisotopic (exact) mass is 304 g/mol. The van der Waals surface area contributed by atoms with Gasteiger partial charge in [0, 0.05) is 44.4 Å². The van der Waals surface area contributed by atoms with Gasteiger partial charge in [-0.15, -0.1) is 0 Å². The van der Waals surface area contributed by atoms with Crippen LogP contribution < -0.4 is 0 Å². The van der Waals surface area contributed by atoms with E-state index in [1.807, 2.05) is 13.8 Å². The van der Waals surface area contributed by atoms with Crippen molar-refractivity contribution in [1.29, 1.82) is 0 Å². The number of aromatic nitrogens is 2. The third kappa shape index (κ3) is 3.09. The molecule has 1 aliphatic rings. The van der Waals surface area contributed by atoms with Crippen LogP contribution in [0.15, 0.2) is 0 Å². The molecule has 1 fully saturated rings. The SMILES string of the molecule is CCOCOC1(c2nn(C)c(C)c2CCO)CC(F)(F)C1. The van der Waals surface area contributed by atoms with Crippen molar-refractivity contribution >= 4 is 0 Å². The van der Waals surface area contributed by atoms with Gasteiger partial charge in [0.2, 0.25) is 0 Å². The van der Waals surface area contributed by atoms with Gasteiger partial charge in [0.05, 0.1) is 5.69 Å². The fraction of sp³-hybridized carbons (Fsp3) is 0.786. The van der Waals surface area contributed by atoms with E-state index in [1.54, 1.807) is 11.7 Å². The summed E-state index contributed by atoms with van der Waals surface area (Å²) < 4.78 is 39.3. The largest absolute Gasteiger partial charge is 0.396 e. The van der Waals surface area contributed by atoms with Crippen molar-refractivity contribution in [2.45, 2.75) is 44.6 Å². The fourth-order valence-corrected chi connectivity index (χ4v) is 2.79. The highest BCUT2D eigenvalue weighted by Gasteiger charge is 2.60. The van der Waals surface area contributed by atoms with Gasteiger partial charge in [0.25, 0.3) is 5.92 Å². The zero-order valence-electron chi connectivity index (χ0n) is 12.7. The normalized spacial score (nSPS) is 19.5. The fourth-order valence-electron chi connectivity index (χ4n) is 2.79. The lowest BCUT2D eigenvalue weighted by Crippen LogP contribution is -2.52. The van der Waals surface area contributed by atoms with E-state index in [0.717, 1.165) is 11.3 Å². The molecule has 0 aromatic carbocycles. The predicted octanol–water partition coefficient (Wildman–Crippen LogP) is 1.90. The molecular weight excluding hydrogens is 282 g/mol. The van der Waals surface area contributed by atoms with Crippen molar-refractivity contribution in [3.63, 3.8) is 0 Å². The van der Waals surface area contributed by atoms with Crippen LogP contribution in [0.3, 0.4) is 0 Å². The Morgan fingerprint density at radius 1 is 1.38 bits per heavy atom. The van der Waals surface area contributed by atoms with Crippen LogP contribution in [0.2, 0.25) is 0 Å². The quantitative estimate of drug-likeness (QED) is 0.617. The summed E-state index contributed by atoms with van der Waals surface area (Å²) in [6.45, 7) is 4.03. The molecule has 0 spiro atoms. The number of aliphatic hydroxyl groups is 1. The molecule has 2 rings (SSSR count). The number of hydrogen-bond acceptors (Lipinski definition) is 4. The molecule has 1 aliphatic carbocycles. The molecule has 0 radical (unpaired) electrons. The molecule has 21 heavy (non-hydrogen) atoms. The first-order valence-corrected chi connectivity index (χ1v) is 7.08. The number of alkyl halides is 2. The van der Waals surface area contributed by atoms with E-state index in [9.17, 15) is 13.9 Å². The lowest BCUT2D eigenvalue weighted by Gasteiger charge is -2.46. The summed E-state index contributed by atoms with van der Waals surface area (Å²) in [6.07, 6.45) is -0.426. The molecule has 0 atom stereocenters. The maximum absolute atomic E-state index is 13.4. The summed E-state index contributed by atoms with van der Waals surface area (Å²) in [5.74, 6) is -2.74. The first kappa shape index (κ1) is 16.3. The Kier molecular flexibility index (Phi) is 4.65. The summed E-state index contributed by atoms with van der Waals surface area (Å²) in [5.41, 5.74) is 1.03. The van der Waals surface area contributed by atoms with Crippen LogP contribution in [0.4, 0.5) is 8.78 Å². The zero-order chi connectivity index (χ0) is 15.7. The van der Waals surface area contributed by atoms with Crippen LogP contribution in [0.25, 0.3) is 0 Å². The van der Waals surface area contributed by atoms with Gasteiger partial charge in [0.1, 0.15) is 12.4 Å². The van der Waals surface area contributed by atoms with Crippen LogP contribution in [0.1, 0.15) is 36.7 Å². The molecule has 1 aromatic rings. The van der Waals surface area contributed by atoms with E-state index >= 15 is 0 Å². The Balaban J connectivity index is 2.31. The molecule has 1 heterocycles. The minimum Gasteiger partial charge on any atom is -0.396 e. The smallest absolute Gasteiger partial charge is 0.254 e. The molecule has 7 heteroatoms. The second-order valence-corrected chi connectivity index (χ2v) is 5.47. The van der Waals surface area contributed by atoms with Gasteiger partial charge in [-0.25, -0.2) is 8.78 Å². The van der Waals surface area contributed by atoms with E-state index < -0.39 is 24.4 Å². The second kappa shape index (κ2) is 5.98. The first-order valence-electron chi connectivity index (χ1n) is 7.08. The lowest BCUT2D eigenvalue weighted by molar-refractivity contribution is -0.264. The molecule has 120 valence electrons. The van der Waals surface area contributed by atoms with Gasteiger partial charge >= 0.3 is 0 Å². The van der Waals surface area contributed by atoms with Crippen LogP contribution in [0, 0.1) is 6.92 Å². The van der Waals surface area contributed by atoms with Gasteiger partial charge in [-0.05, 0) is 20.3 Å². The number of aliphatic hydroxyl groups excluding tert-OH is 1. The van der Waals surface area contributed by atoms with E-state index in [1.165, 1.54) is 0 Å². The minimum atomic E-state index is -2.74. The third-order valence-corrected chi connectivity index (χ3v) is 3.96. The summed E-state index contributed by atoms with van der Waals surface area (Å²) in [5, 5.41) is 13.6. The van der Waals surface area contributed by atoms with E-state index in [4.69, 9.17) is 9.47 Å². The molecule has 1 N–H and O–H groups in total. The number of nitrogens with zero attached hydrogens (tertiary/aromatic N) is 2. The standard InChI is InChI=1S/C14H22F2N2O3/c1-4-20-9-21-13(7-14(15,16)8-13)12-11(5-6-19)10(2)18(3)17-12/h19H,4-9H2,1-3H3. The van der Waals surface area contributed by atoms with Crippen LogP contribution in [-0.4, -0.2) is 40.8 Å². The number of aryl methyl sites for hydroxylation is 1. The van der Waals surface area contributed by atoms with Crippen LogP contribution >= 0.6 is 0 Å². The molecule has 0 unspecified atom stereocenters. The van der Waals surface area contributed by atoms with E-state index in [-0.39, 0.29) is 13.4 Å². The van der Waals surface area contributed by atoms with E-state index in [0.29, 0.717) is 18.7 Å². The molecule has 0 bridgehead atoms. The van der Waals surface area contributed by atoms with Gasteiger partial charge < -0.3 is 14.6 Å². The number of ether oxygens (including phenoxy) is 2. The average Bonchev–Trinajstić information content (AvgIpc) is 2.65. The lowest BCUT2D eigenvalue weighted by atomic mass is 9.72. The van der Waals surface area contributed by atoms with Crippen molar-refractivity contribution in [3.05, 3.63) is 17.0 Å².